The van der Waals surface area contributed by atoms with Crippen LogP contribution in [0.25, 0.3) is 22.4 Å². The maximum atomic E-state index is 11.4. The number of para-hydroxylation sites is 1. The van der Waals surface area contributed by atoms with Gasteiger partial charge in [0.1, 0.15) is 11.3 Å². The quantitative estimate of drug-likeness (QED) is 0.684. The molecule has 0 unspecified atom stereocenters. The van der Waals surface area contributed by atoms with Gasteiger partial charge in [-0.2, -0.15) is 0 Å². The number of phenols is 1. The average molecular weight is 283 g/mol. The Labute approximate surface area is 120 Å². The van der Waals surface area contributed by atoms with Crippen molar-refractivity contribution >= 4 is 16.9 Å². The lowest BCUT2D eigenvalue weighted by Gasteiger charge is -2.04. The van der Waals surface area contributed by atoms with Crippen LogP contribution in [0.5, 0.6) is 11.5 Å². The summed E-state index contributed by atoms with van der Waals surface area (Å²) < 4.78 is 5.00. The Morgan fingerprint density at radius 3 is 2.81 bits per heavy atom. The molecule has 0 saturated heterocycles. The monoisotopic (exact) mass is 283 g/mol. The van der Waals surface area contributed by atoms with Crippen molar-refractivity contribution < 1.29 is 14.6 Å². The van der Waals surface area contributed by atoms with Crippen LogP contribution >= 0.6 is 0 Å². The number of hydrogen-bond donors (Lipinski definition) is 3. The molecule has 4 N–H and O–H groups in total. The summed E-state index contributed by atoms with van der Waals surface area (Å²) in [6.07, 6.45) is 0. The fourth-order valence-corrected chi connectivity index (χ4v) is 2.20. The number of imidazole rings is 1. The van der Waals surface area contributed by atoms with Crippen molar-refractivity contribution in [3.05, 3.63) is 42.0 Å². The highest BCUT2D eigenvalue weighted by atomic mass is 16.5. The van der Waals surface area contributed by atoms with Gasteiger partial charge in [0.2, 0.25) is 0 Å². The van der Waals surface area contributed by atoms with Crippen molar-refractivity contribution in [2.45, 2.75) is 0 Å². The third-order valence-corrected chi connectivity index (χ3v) is 3.23. The zero-order chi connectivity index (χ0) is 15.0. The number of phenolic OH excluding ortho intramolecular Hbond substituents is 1. The molecule has 0 atom stereocenters. The number of hydrogen-bond acceptors (Lipinski definition) is 4. The second-order valence-electron chi connectivity index (χ2n) is 4.54. The molecule has 0 aliphatic rings. The van der Waals surface area contributed by atoms with Gasteiger partial charge in [-0.05, 0) is 30.3 Å². The molecule has 0 aliphatic heterocycles. The van der Waals surface area contributed by atoms with Gasteiger partial charge in [-0.3, -0.25) is 4.79 Å². The van der Waals surface area contributed by atoms with Gasteiger partial charge in [-0.1, -0.05) is 6.07 Å². The molecular formula is C15H13N3O3. The molecule has 3 aromatic rings. The first kappa shape index (κ1) is 13.0. The minimum absolute atomic E-state index is 0.0191. The Hall–Kier alpha value is -3.02. The number of H-pyrrole nitrogens is 1. The number of rotatable bonds is 3. The number of aromatic amines is 1. The highest BCUT2D eigenvalue weighted by Crippen LogP contribution is 2.31. The first-order valence-electron chi connectivity index (χ1n) is 6.26. The fourth-order valence-electron chi connectivity index (χ4n) is 2.20. The minimum atomic E-state index is -0.531. The summed E-state index contributed by atoms with van der Waals surface area (Å²) in [5.41, 5.74) is 7.59. The predicted molar refractivity (Wildman–Crippen MR) is 78.3 cm³/mol. The molecular weight excluding hydrogens is 270 g/mol. The van der Waals surface area contributed by atoms with E-state index in [1.165, 1.54) is 7.11 Å². The lowest BCUT2D eigenvalue weighted by molar-refractivity contribution is 0.100. The van der Waals surface area contributed by atoms with Crippen LogP contribution in [0.4, 0.5) is 0 Å². The highest BCUT2D eigenvalue weighted by Gasteiger charge is 2.13. The first-order valence-corrected chi connectivity index (χ1v) is 6.26. The van der Waals surface area contributed by atoms with Crippen molar-refractivity contribution in [1.29, 1.82) is 0 Å². The Kier molecular flexibility index (Phi) is 2.98. The molecule has 1 heterocycles. The summed E-state index contributed by atoms with van der Waals surface area (Å²) in [5.74, 6) is 0.408. The first-order chi connectivity index (χ1) is 10.1. The SMILES string of the molecule is COc1ccc(-c2nc3c(C(N)=O)cccc3[nH]2)cc1O. The number of nitrogens with zero attached hydrogens (tertiary/aromatic N) is 1. The molecule has 6 heteroatoms. The second-order valence-corrected chi connectivity index (χ2v) is 4.54. The van der Waals surface area contributed by atoms with Crippen molar-refractivity contribution in [2.24, 2.45) is 5.73 Å². The largest absolute Gasteiger partial charge is 0.504 e. The van der Waals surface area contributed by atoms with Crippen molar-refractivity contribution in [1.82, 2.24) is 9.97 Å². The zero-order valence-corrected chi connectivity index (χ0v) is 11.3. The number of nitrogens with one attached hydrogen (secondary N) is 1. The Morgan fingerprint density at radius 2 is 2.14 bits per heavy atom. The number of fused-ring (bicyclic) bond motifs is 1. The molecule has 2 aromatic carbocycles. The van der Waals surface area contributed by atoms with Gasteiger partial charge < -0.3 is 20.6 Å². The van der Waals surface area contributed by atoms with E-state index >= 15 is 0 Å². The maximum absolute atomic E-state index is 11.4. The van der Waals surface area contributed by atoms with E-state index < -0.39 is 5.91 Å². The van der Waals surface area contributed by atoms with E-state index in [-0.39, 0.29) is 5.75 Å². The van der Waals surface area contributed by atoms with Gasteiger partial charge >= 0.3 is 0 Å². The molecule has 21 heavy (non-hydrogen) atoms. The van der Waals surface area contributed by atoms with Crippen LogP contribution in [0, 0.1) is 0 Å². The van der Waals surface area contributed by atoms with E-state index in [1.54, 1.807) is 30.3 Å². The average Bonchev–Trinajstić information content (AvgIpc) is 2.90. The summed E-state index contributed by atoms with van der Waals surface area (Å²) in [6.45, 7) is 0. The summed E-state index contributed by atoms with van der Waals surface area (Å²) in [7, 11) is 1.48. The number of methoxy groups -OCH3 is 1. The van der Waals surface area contributed by atoms with Gasteiger partial charge in [-0.25, -0.2) is 4.98 Å². The molecule has 0 radical (unpaired) electrons. The van der Waals surface area contributed by atoms with Crippen LogP contribution in [0.3, 0.4) is 0 Å². The Morgan fingerprint density at radius 1 is 1.33 bits per heavy atom. The van der Waals surface area contributed by atoms with Crippen molar-refractivity contribution in [2.75, 3.05) is 7.11 Å². The summed E-state index contributed by atoms with van der Waals surface area (Å²) in [5, 5.41) is 9.83. The van der Waals surface area contributed by atoms with E-state index in [0.29, 0.717) is 33.7 Å². The van der Waals surface area contributed by atoms with E-state index in [0.717, 1.165) is 0 Å². The number of benzene rings is 2. The highest BCUT2D eigenvalue weighted by molar-refractivity contribution is 6.04. The third kappa shape index (κ3) is 2.16. The molecule has 0 fully saturated rings. The lowest BCUT2D eigenvalue weighted by atomic mass is 10.2. The molecule has 0 saturated carbocycles. The summed E-state index contributed by atoms with van der Waals surface area (Å²) >= 11 is 0. The van der Waals surface area contributed by atoms with Crippen molar-refractivity contribution in [3.8, 4) is 22.9 Å². The van der Waals surface area contributed by atoms with Crippen LogP contribution in [-0.4, -0.2) is 28.1 Å². The van der Waals surface area contributed by atoms with Crippen LogP contribution in [0.15, 0.2) is 36.4 Å². The summed E-state index contributed by atoms with van der Waals surface area (Å²) in [4.78, 5) is 18.9. The van der Waals surface area contributed by atoms with Gasteiger partial charge in [-0.15, -0.1) is 0 Å². The van der Waals surface area contributed by atoms with E-state index in [2.05, 4.69) is 9.97 Å². The number of primary amides is 1. The van der Waals surface area contributed by atoms with Crippen LogP contribution in [0.1, 0.15) is 10.4 Å². The molecule has 0 aliphatic carbocycles. The Bertz CT molecular complexity index is 839. The number of aromatic hydroxyl groups is 1. The van der Waals surface area contributed by atoms with Crippen LogP contribution < -0.4 is 10.5 Å². The number of nitrogens with two attached hydrogens (primary N) is 1. The van der Waals surface area contributed by atoms with E-state index in [9.17, 15) is 9.90 Å². The molecule has 6 nitrogen and oxygen atoms in total. The van der Waals surface area contributed by atoms with Gasteiger partial charge in [0.15, 0.2) is 11.5 Å². The lowest BCUT2D eigenvalue weighted by Crippen LogP contribution is -2.11. The smallest absolute Gasteiger partial charge is 0.250 e. The molecule has 0 bridgehead atoms. The van der Waals surface area contributed by atoms with Gasteiger partial charge in [0, 0.05) is 5.56 Å². The topological polar surface area (TPSA) is 101 Å². The second kappa shape index (κ2) is 4.82. The van der Waals surface area contributed by atoms with Gasteiger partial charge in [0.05, 0.1) is 18.2 Å². The number of carbonyl (C=O) groups is 1. The van der Waals surface area contributed by atoms with E-state index in [4.69, 9.17) is 10.5 Å². The third-order valence-electron chi connectivity index (χ3n) is 3.23. The molecule has 106 valence electrons. The van der Waals surface area contributed by atoms with Crippen LogP contribution in [0.2, 0.25) is 0 Å². The molecule has 1 aromatic heterocycles. The molecule has 3 rings (SSSR count). The summed E-state index contributed by atoms with van der Waals surface area (Å²) in [6, 6.07) is 10.1. The molecule has 0 spiro atoms. The normalized spacial score (nSPS) is 10.7. The Balaban J connectivity index is 2.15. The number of carbonyl (C=O) groups excluding carboxylic acids is 1. The zero-order valence-electron chi connectivity index (χ0n) is 11.3. The predicted octanol–water partition coefficient (Wildman–Crippen LogP) is 2.04. The molecule has 1 amide bonds. The van der Waals surface area contributed by atoms with Crippen LogP contribution in [-0.2, 0) is 0 Å². The van der Waals surface area contributed by atoms with Gasteiger partial charge in [0.25, 0.3) is 5.91 Å². The number of ether oxygens (including phenoxy) is 1. The number of aromatic nitrogens is 2. The number of amides is 1. The van der Waals surface area contributed by atoms with E-state index in [1.807, 2.05) is 6.07 Å². The van der Waals surface area contributed by atoms with Crippen molar-refractivity contribution in [3.63, 3.8) is 0 Å². The standard InChI is InChI=1S/C15H13N3O3/c1-21-12-6-5-8(7-11(12)19)15-17-10-4-2-3-9(14(16)20)13(10)18-15/h2-7,19H,1H3,(H2,16,20)(H,17,18). The fraction of sp³-hybridized carbons (Fsp3) is 0.0667. The minimum Gasteiger partial charge on any atom is -0.504 e. The maximum Gasteiger partial charge on any atom is 0.250 e.